The number of nitrogens with one attached hydrogen (secondary N) is 1. The maximum atomic E-state index is 13.3. The predicted octanol–water partition coefficient (Wildman–Crippen LogP) is 3.77. The van der Waals surface area contributed by atoms with Gasteiger partial charge in [0.15, 0.2) is 0 Å². The summed E-state index contributed by atoms with van der Waals surface area (Å²) in [6, 6.07) is 6.06. The molecule has 2 amide bonds. The Balaban J connectivity index is 1.26. The summed E-state index contributed by atoms with van der Waals surface area (Å²) in [4.78, 5) is 35.0. The van der Waals surface area contributed by atoms with E-state index in [1.54, 1.807) is 0 Å². The monoisotopic (exact) mass is 479 g/mol. The molecule has 4 atom stereocenters. The molecule has 2 saturated carbocycles. The normalized spacial score (nSPS) is 28.6. The average molecular weight is 480 g/mol. The van der Waals surface area contributed by atoms with E-state index >= 15 is 0 Å². The molecule has 7 nitrogen and oxygen atoms in total. The van der Waals surface area contributed by atoms with Crippen molar-refractivity contribution in [2.45, 2.75) is 70.8 Å². The molecule has 5 rings (SSSR count). The number of carbonyl (C=O) groups is 2. The van der Waals surface area contributed by atoms with Gasteiger partial charge in [-0.3, -0.25) is 14.0 Å². The molecule has 2 bridgehead atoms. The van der Waals surface area contributed by atoms with E-state index in [4.69, 9.17) is 0 Å². The number of amides is 2. The lowest BCUT2D eigenvalue weighted by molar-refractivity contribution is -0.129. The van der Waals surface area contributed by atoms with Crippen molar-refractivity contribution in [2.24, 2.45) is 17.3 Å². The van der Waals surface area contributed by atoms with Gasteiger partial charge in [0.05, 0.1) is 12.1 Å². The first-order valence-corrected chi connectivity index (χ1v) is 13.6. The number of imidazole rings is 1. The second-order valence-electron chi connectivity index (χ2n) is 11.7. The van der Waals surface area contributed by atoms with E-state index < -0.39 is 0 Å². The molecule has 3 aliphatic rings. The summed E-state index contributed by atoms with van der Waals surface area (Å²) in [5.41, 5.74) is 2.29. The lowest BCUT2D eigenvalue weighted by Crippen LogP contribution is -2.45. The average Bonchev–Trinajstić information content (AvgIpc) is 3.49. The van der Waals surface area contributed by atoms with Crippen LogP contribution in [-0.4, -0.2) is 70.8 Å². The molecule has 7 heteroatoms. The first-order valence-electron chi connectivity index (χ1n) is 13.6. The SMILES string of the molecule is CCC1CC2CCCC(CNC(=O)c3cccc4nc(CC(=O)N5CCC(N(C)C)C5)cn34)(C1)C2. The van der Waals surface area contributed by atoms with Crippen LogP contribution in [0.1, 0.15) is 74.5 Å². The van der Waals surface area contributed by atoms with Crippen LogP contribution in [0.25, 0.3) is 5.65 Å². The van der Waals surface area contributed by atoms with Gasteiger partial charge >= 0.3 is 0 Å². The van der Waals surface area contributed by atoms with Gasteiger partial charge in [0.2, 0.25) is 5.91 Å². The van der Waals surface area contributed by atoms with Crippen LogP contribution >= 0.6 is 0 Å². The fourth-order valence-electron chi connectivity index (χ4n) is 7.03. The van der Waals surface area contributed by atoms with Gasteiger partial charge in [0.25, 0.3) is 5.91 Å². The van der Waals surface area contributed by atoms with Crippen molar-refractivity contribution >= 4 is 17.5 Å². The fraction of sp³-hybridized carbons (Fsp3) is 0.679. The lowest BCUT2D eigenvalue weighted by Gasteiger charge is -2.48. The van der Waals surface area contributed by atoms with Gasteiger partial charge < -0.3 is 15.1 Å². The number of likely N-dealkylation sites (tertiary alicyclic amines) is 1. The minimum Gasteiger partial charge on any atom is -0.350 e. The standard InChI is InChI=1S/C28H41N5O2/c1-4-20-13-21-7-6-11-28(15-20,16-21)19-29-27(35)24-8-5-9-25-30-22(17-33(24)25)14-26(34)32-12-10-23(18-32)31(2)3/h5,8-9,17,20-21,23H,4,6-7,10-16,18-19H2,1-3H3,(H,29,35). The highest BCUT2D eigenvalue weighted by Gasteiger charge is 2.42. The molecule has 1 N–H and O–H groups in total. The zero-order valence-electron chi connectivity index (χ0n) is 21.6. The third-order valence-corrected chi connectivity index (χ3v) is 8.98. The van der Waals surface area contributed by atoms with Crippen LogP contribution in [0.3, 0.4) is 0 Å². The molecule has 0 spiro atoms. The topological polar surface area (TPSA) is 70.0 Å². The zero-order chi connectivity index (χ0) is 24.6. The van der Waals surface area contributed by atoms with Crippen molar-refractivity contribution in [1.82, 2.24) is 24.5 Å². The summed E-state index contributed by atoms with van der Waals surface area (Å²) < 4.78 is 1.85. The highest BCUT2D eigenvalue weighted by Crippen LogP contribution is 2.51. The largest absolute Gasteiger partial charge is 0.350 e. The quantitative estimate of drug-likeness (QED) is 0.656. The minimum absolute atomic E-state index is 0.0469. The molecule has 2 aromatic rings. The summed E-state index contributed by atoms with van der Waals surface area (Å²) in [7, 11) is 4.13. The molecule has 190 valence electrons. The van der Waals surface area contributed by atoms with Gasteiger partial charge in [-0.25, -0.2) is 4.98 Å². The predicted molar refractivity (Wildman–Crippen MR) is 137 cm³/mol. The van der Waals surface area contributed by atoms with E-state index in [-0.39, 0.29) is 23.7 Å². The van der Waals surface area contributed by atoms with Gasteiger partial charge in [-0.1, -0.05) is 32.3 Å². The molecule has 1 aliphatic heterocycles. The maximum absolute atomic E-state index is 13.3. The first kappa shape index (κ1) is 24.3. The molecule has 1 saturated heterocycles. The summed E-state index contributed by atoms with van der Waals surface area (Å²) in [6.07, 6.45) is 12.1. The molecule has 0 aromatic carbocycles. The van der Waals surface area contributed by atoms with Gasteiger partial charge in [-0.15, -0.1) is 0 Å². The molecular weight excluding hydrogens is 438 g/mol. The number of hydrogen-bond acceptors (Lipinski definition) is 4. The van der Waals surface area contributed by atoms with Crippen LogP contribution in [0, 0.1) is 17.3 Å². The van der Waals surface area contributed by atoms with E-state index in [9.17, 15) is 9.59 Å². The summed E-state index contributed by atoms with van der Waals surface area (Å²) in [6.45, 7) is 4.64. The third-order valence-electron chi connectivity index (χ3n) is 8.98. The van der Waals surface area contributed by atoms with Crippen LogP contribution in [-0.2, 0) is 11.2 Å². The second kappa shape index (κ2) is 9.92. The van der Waals surface area contributed by atoms with Crippen molar-refractivity contribution in [2.75, 3.05) is 33.7 Å². The summed E-state index contributed by atoms with van der Waals surface area (Å²) in [5.74, 6) is 1.69. The van der Waals surface area contributed by atoms with E-state index in [2.05, 4.69) is 36.2 Å². The smallest absolute Gasteiger partial charge is 0.268 e. The number of rotatable bonds is 7. The van der Waals surface area contributed by atoms with Crippen LogP contribution in [0.2, 0.25) is 0 Å². The number of hydrogen-bond donors (Lipinski definition) is 1. The van der Waals surface area contributed by atoms with E-state index in [1.807, 2.05) is 33.7 Å². The molecular formula is C28H41N5O2. The highest BCUT2D eigenvalue weighted by atomic mass is 16.2. The molecule has 35 heavy (non-hydrogen) atoms. The van der Waals surface area contributed by atoms with Gasteiger partial charge in [0.1, 0.15) is 11.3 Å². The summed E-state index contributed by atoms with van der Waals surface area (Å²) in [5, 5.41) is 3.29. The Morgan fingerprint density at radius 1 is 1.23 bits per heavy atom. The fourth-order valence-corrected chi connectivity index (χ4v) is 7.03. The van der Waals surface area contributed by atoms with Gasteiger partial charge in [-0.2, -0.15) is 0 Å². The first-order chi connectivity index (χ1) is 16.9. The molecule has 2 aromatic heterocycles. The number of pyridine rings is 1. The Labute approximate surface area is 209 Å². The van der Waals surface area contributed by atoms with Crippen molar-refractivity contribution in [3.63, 3.8) is 0 Å². The van der Waals surface area contributed by atoms with E-state index in [0.29, 0.717) is 17.4 Å². The van der Waals surface area contributed by atoms with Crippen molar-refractivity contribution in [3.05, 3.63) is 35.8 Å². The van der Waals surface area contributed by atoms with Crippen LogP contribution in [0.5, 0.6) is 0 Å². The van der Waals surface area contributed by atoms with Gasteiger partial charge in [0, 0.05) is 31.9 Å². The van der Waals surface area contributed by atoms with Crippen LogP contribution < -0.4 is 5.32 Å². The maximum Gasteiger partial charge on any atom is 0.268 e. The molecule has 3 heterocycles. The van der Waals surface area contributed by atoms with Crippen molar-refractivity contribution < 1.29 is 9.59 Å². The van der Waals surface area contributed by atoms with Crippen LogP contribution in [0.15, 0.2) is 24.4 Å². The number of likely N-dealkylation sites (N-methyl/N-ethyl adjacent to an activating group) is 1. The van der Waals surface area contributed by atoms with E-state index in [1.165, 1.54) is 44.9 Å². The van der Waals surface area contributed by atoms with E-state index in [0.717, 1.165) is 43.6 Å². The Bertz CT molecular complexity index is 1080. The molecule has 3 fully saturated rings. The molecule has 4 unspecified atom stereocenters. The zero-order valence-corrected chi connectivity index (χ0v) is 21.6. The number of nitrogens with zero attached hydrogens (tertiary/aromatic N) is 4. The highest BCUT2D eigenvalue weighted by molar-refractivity contribution is 5.93. The van der Waals surface area contributed by atoms with Crippen LogP contribution in [0.4, 0.5) is 0 Å². The third kappa shape index (κ3) is 5.11. The number of aromatic nitrogens is 2. The summed E-state index contributed by atoms with van der Waals surface area (Å²) >= 11 is 0. The Morgan fingerprint density at radius 3 is 2.86 bits per heavy atom. The molecule has 0 radical (unpaired) electrons. The molecule has 2 aliphatic carbocycles. The minimum atomic E-state index is -0.0469. The van der Waals surface area contributed by atoms with Crippen molar-refractivity contribution in [1.29, 1.82) is 0 Å². The van der Waals surface area contributed by atoms with Gasteiger partial charge in [-0.05, 0) is 75.6 Å². The Hall–Kier alpha value is -2.41. The Morgan fingerprint density at radius 2 is 2.09 bits per heavy atom. The number of fused-ring (bicyclic) bond motifs is 3. The van der Waals surface area contributed by atoms with Crippen molar-refractivity contribution in [3.8, 4) is 0 Å². The lowest BCUT2D eigenvalue weighted by atomic mass is 9.58. The second-order valence-corrected chi connectivity index (χ2v) is 11.7. The Kier molecular flexibility index (Phi) is 6.88. The number of carbonyl (C=O) groups excluding carboxylic acids is 2.